The molecule has 3 rings (SSSR count). The van der Waals surface area contributed by atoms with E-state index in [4.69, 9.17) is 9.47 Å². The molecular weight excluding hydrogens is 425 g/mol. The van der Waals surface area contributed by atoms with Crippen molar-refractivity contribution < 1.29 is 14.6 Å². The number of aliphatic hydroxyl groups is 1. The second-order valence-electron chi connectivity index (χ2n) is 7.27. The zero-order valence-electron chi connectivity index (χ0n) is 17.7. The molecule has 1 aromatic carbocycles. The summed E-state index contributed by atoms with van der Waals surface area (Å²) in [7, 11) is 0. The molecule has 0 aliphatic carbocycles. The first-order valence-electron chi connectivity index (χ1n) is 9.96. The fraction of sp³-hybridized carbons (Fsp3) is 0.500. The van der Waals surface area contributed by atoms with Crippen molar-refractivity contribution in [2.75, 3.05) is 57.4 Å². The van der Waals surface area contributed by atoms with Gasteiger partial charge in [0.2, 0.25) is 0 Å². The number of aliphatic hydroxyl groups excluding tert-OH is 1. The number of anilines is 1. The molecular formula is C22H33Cl2N3O3. The number of aromatic nitrogens is 1. The molecule has 1 aromatic heterocycles. The lowest BCUT2D eigenvalue weighted by molar-refractivity contribution is 0.00706. The standard InChI is InChI=1S/C22H31N3O3.2ClH/c1-18-6-5-7-19(2)22(18)28-15-14-27-17-20(26)16-24-10-12-25(13-11-24)21-8-3-4-9-23-21;;/h3-9,20,26H,10-17H2,1-2H3;2*1H. The molecule has 1 N–H and O–H groups in total. The normalized spacial score (nSPS) is 15.1. The van der Waals surface area contributed by atoms with Gasteiger partial charge in [0.05, 0.1) is 19.3 Å². The second-order valence-corrected chi connectivity index (χ2v) is 7.27. The molecule has 1 fully saturated rings. The first-order valence-corrected chi connectivity index (χ1v) is 9.96. The largest absolute Gasteiger partial charge is 0.491 e. The van der Waals surface area contributed by atoms with Gasteiger partial charge >= 0.3 is 0 Å². The average Bonchev–Trinajstić information content (AvgIpc) is 2.71. The fourth-order valence-corrected chi connectivity index (χ4v) is 3.50. The summed E-state index contributed by atoms with van der Waals surface area (Å²) in [6.45, 7) is 9.69. The smallest absolute Gasteiger partial charge is 0.128 e. The third kappa shape index (κ3) is 7.93. The number of aryl methyl sites for hydroxylation is 2. The predicted molar refractivity (Wildman–Crippen MR) is 126 cm³/mol. The minimum atomic E-state index is -0.485. The summed E-state index contributed by atoms with van der Waals surface area (Å²) < 4.78 is 11.4. The van der Waals surface area contributed by atoms with Crippen LogP contribution in [-0.4, -0.2) is 73.6 Å². The number of benzene rings is 1. The van der Waals surface area contributed by atoms with Crippen LogP contribution in [0.3, 0.4) is 0 Å². The van der Waals surface area contributed by atoms with Gasteiger partial charge in [-0.15, -0.1) is 24.8 Å². The summed E-state index contributed by atoms with van der Waals surface area (Å²) in [5.41, 5.74) is 2.26. The summed E-state index contributed by atoms with van der Waals surface area (Å²) in [4.78, 5) is 8.97. The summed E-state index contributed by atoms with van der Waals surface area (Å²) in [6, 6.07) is 12.1. The number of para-hydroxylation sites is 1. The van der Waals surface area contributed by atoms with Gasteiger partial charge < -0.3 is 19.5 Å². The number of halogens is 2. The van der Waals surface area contributed by atoms with Crippen LogP contribution < -0.4 is 9.64 Å². The molecule has 8 heteroatoms. The van der Waals surface area contributed by atoms with Gasteiger partial charge in [-0.2, -0.15) is 0 Å². The van der Waals surface area contributed by atoms with Crippen molar-refractivity contribution >= 4 is 30.6 Å². The van der Waals surface area contributed by atoms with Crippen LogP contribution >= 0.6 is 24.8 Å². The highest BCUT2D eigenvalue weighted by Crippen LogP contribution is 2.22. The van der Waals surface area contributed by atoms with Crippen molar-refractivity contribution in [3.63, 3.8) is 0 Å². The van der Waals surface area contributed by atoms with Gasteiger partial charge in [-0.1, -0.05) is 24.3 Å². The molecule has 0 saturated carbocycles. The van der Waals surface area contributed by atoms with E-state index in [1.165, 1.54) is 0 Å². The molecule has 30 heavy (non-hydrogen) atoms. The second kappa shape index (κ2) is 13.7. The quantitative estimate of drug-likeness (QED) is 0.583. The Morgan fingerprint density at radius 1 is 0.967 bits per heavy atom. The Labute approximate surface area is 192 Å². The molecule has 2 heterocycles. The predicted octanol–water partition coefficient (Wildman–Crippen LogP) is 3.12. The van der Waals surface area contributed by atoms with Crippen LogP contribution in [0.2, 0.25) is 0 Å². The van der Waals surface area contributed by atoms with Crippen molar-refractivity contribution in [1.82, 2.24) is 9.88 Å². The third-order valence-corrected chi connectivity index (χ3v) is 5.01. The molecule has 2 aromatic rings. The van der Waals surface area contributed by atoms with Gasteiger partial charge in [-0.25, -0.2) is 4.98 Å². The van der Waals surface area contributed by atoms with Gasteiger partial charge in [-0.3, -0.25) is 4.90 Å². The maximum atomic E-state index is 10.3. The third-order valence-electron chi connectivity index (χ3n) is 5.01. The van der Waals surface area contributed by atoms with E-state index in [2.05, 4.69) is 14.8 Å². The molecule has 168 valence electrons. The van der Waals surface area contributed by atoms with E-state index in [0.717, 1.165) is 48.9 Å². The van der Waals surface area contributed by atoms with E-state index in [1.54, 1.807) is 0 Å². The highest BCUT2D eigenvalue weighted by molar-refractivity contribution is 5.85. The highest BCUT2D eigenvalue weighted by Gasteiger charge is 2.20. The number of ether oxygens (including phenoxy) is 2. The number of hydrogen-bond donors (Lipinski definition) is 1. The van der Waals surface area contributed by atoms with E-state index in [0.29, 0.717) is 26.4 Å². The minimum Gasteiger partial charge on any atom is -0.491 e. The Morgan fingerprint density at radius 3 is 2.30 bits per heavy atom. The van der Waals surface area contributed by atoms with Crippen molar-refractivity contribution in [2.45, 2.75) is 20.0 Å². The van der Waals surface area contributed by atoms with Gasteiger partial charge in [0.1, 0.15) is 18.2 Å². The summed E-state index contributed by atoms with van der Waals surface area (Å²) >= 11 is 0. The lowest BCUT2D eigenvalue weighted by atomic mass is 10.1. The van der Waals surface area contributed by atoms with Crippen molar-refractivity contribution in [1.29, 1.82) is 0 Å². The van der Waals surface area contributed by atoms with E-state index in [-0.39, 0.29) is 24.8 Å². The number of nitrogens with zero attached hydrogens (tertiary/aromatic N) is 3. The van der Waals surface area contributed by atoms with Crippen LogP contribution in [0.1, 0.15) is 11.1 Å². The molecule has 6 nitrogen and oxygen atoms in total. The molecule has 0 amide bonds. The lowest BCUT2D eigenvalue weighted by Crippen LogP contribution is -2.49. The van der Waals surface area contributed by atoms with Gasteiger partial charge in [0, 0.05) is 38.9 Å². The Balaban J connectivity index is 0.00000225. The topological polar surface area (TPSA) is 58.1 Å². The number of piperazine rings is 1. The zero-order valence-corrected chi connectivity index (χ0v) is 19.3. The lowest BCUT2D eigenvalue weighted by Gasteiger charge is -2.36. The maximum absolute atomic E-state index is 10.3. The van der Waals surface area contributed by atoms with Gasteiger partial charge in [0.25, 0.3) is 0 Å². The van der Waals surface area contributed by atoms with Crippen molar-refractivity contribution in [2.24, 2.45) is 0 Å². The molecule has 1 unspecified atom stereocenters. The summed E-state index contributed by atoms with van der Waals surface area (Å²) in [5.74, 6) is 1.95. The van der Waals surface area contributed by atoms with Crippen LogP contribution in [-0.2, 0) is 4.74 Å². The van der Waals surface area contributed by atoms with Crippen molar-refractivity contribution in [3.8, 4) is 5.75 Å². The molecule has 0 spiro atoms. The first kappa shape index (κ1) is 26.5. The van der Waals surface area contributed by atoms with E-state index < -0.39 is 6.10 Å². The van der Waals surface area contributed by atoms with Gasteiger partial charge in [-0.05, 0) is 37.1 Å². The Kier molecular flexibility index (Phi) is 12.1. The highest BCUT2D eigenvalue weighted by atomic mass is 35.5. The number of pyridine rings is 1. The number of hydrogen-bond acceptors (Lipinski definition) is 6. The number of β-amino-alcohol motifs (C(OH)–C–C–N with tert-alkyl or cyclic N) is 1. The maximum Gasteiger partial charge on any atom is 0.128 e. The molecule has 0 radical (unpaired) electrons. The molecule has 1 atom stereocenters. The van der Waals surface area contributed by atoms with Crippen molar-refractivity contribution in [3.05, 3.63) is 53.7 Å². The Hall–Kier alpha value is -1.57. The van der Waals surface area contributed by atoms with E-state index in [1.807, 2.05) is 56.4 Å². The van der Waals surface area contributed by atoms with E-state index >= 15 is 0 Å². The Bertz CT molecular complexity index is 709. The molecule has 0 bridgehead atoms. The number of rotatable bonds is 9. The SMILES string of the molecule is Cc1cccc(C)c1OCCOCC(O)CN1CCN(c2ccccn2)CC1.Cl.Cl. The van der Waals surface area contributed by atoms with Crippen LogP contribution in [0.25, 0.3) is 0 Å². The summed E-state index contributed by atoms with van der Waals surface area (Å²) in [5, 5.41) is 10.3. The van der Waals surface area contributed by atoms with Crippen LogP contribution in [0, 0.1) is 13.8 Å². The van der Waals surface area contributed by atoms with E-state index in [9.17, 15) is 5.11 Å². The summed E-state index contributed by atoms with van der Waals surface area (Å²) in [6.07, 6.45) is 1.34. The zero-order chi connectivity index (χ0) is 19.8. The first-order chi connectivity index (χ1) is 13.6. The van der Waals surface area contributed by atoms with Crippen LogP contribution in [0.15, 0.2) is 42.6 Å². The molecule has 1 aliphatic rings. The van der Waals surface area contributed by atoms with Crippen LogP contribution in [0.5, 0.6) is 5.75 Å². The fourth-order valence-electron chi connectivity index (χ4n) is 3.50. The molecule has 1 aliphatic heterocycles. The minimum absolute atomic E-state index is 0. The molecule has 1 saturated heterocycles. The Morgan fingerprint density at radius 2 is 1.67 bits per heavy atom. The van der Waals surface area contributed by atoms with Crippen LogP contribution in [0.4, 0.5) is 5.82 Å². The average molecular weight is 458 g/mol. The van der Waals surface area contributed by atoms with Gasteiger partial charge in [0.15, 0.2) is 0 Å². The monoisotopic (exact) mass is 457 g/mol.